The molecule has 2 atom stereocenters. The first kappa shape index (κ1) is 30.3. The van der Waals surface area contributed by atoms with Crippen molar-refractivity contribution in [2.24, 2.45) is 0 Å². The first-order chi connectivity index (χ1) is 20.1. The van der Waals surface area contributed by atoms with Gasteiger partial charge < -0.3 is 0 Å². The van der Waals surface area contributed by atoms with Crippen molar-refractivity contribution in [2.75, 3.05) is 0 Å². The van der Waals surface area contributed by atoms with Gasteiger partial charge in [-0.25, -0.2) is 4.98 Å². The monoisotopic (exact) mass is 544 g/mol. The van der Waals surface area contributed by atoms with Gasteiger partial charge in [0.05, 0.1) is 5.69 Å². The van der Waals surface area contributed by atoms with E-state index in [0.717, 1.165) is 56.3 Å². The highest BCUT2D eigenvalue weighted by molar-refractivity contribution is 5.71. The van der Waals surface area contributed by atoms with E-state index >= 15 is 0 Å². The van der Waals surface area contributed by atoms with E-state index in [-0.39, 0.29) is 0 Å². The highest BCUT2D eigenvalue weighted by Gasteiger charge is 2.24. The molecule has 41 heavy (non-hydrogen) atoms. The van der Waals surface area contributed by atoms with E-state index in [1.165, 1.54) is 39.9 Å². The summed E-state index contributed by atoms with van der Waals surface area (Å²) in [6.07, 6.45) is 17.7. The second-order valence-electron chi connectivity index (χ2n) is 11.3. The van der Waals surface area contributed by atoms with Gasteiger partial charge in [0.25, 0.3) is 0 Å². The Labute approximate surface area is 248 Å². The summed E-state index contributed by atoms with van der Waals surface area (Å²) < 4.78 is 2.37. The molecule has 3 aromatic carbocycles. The minimum atomic E-state index is 0.435. The van der Waals surface area contributed by atoms with Gasteiger partial charge in [0.1, 0.15) is 5.82 Å². The molecule has 1 aromatic heterocycles. The normalized spacial score (nSPS) is 13.2. The molecule has 0 spiro atoms. The van der Waals surface area contributed by atoms with Crippen molar-refractivity contribution in [3.8, 4) is 28.2 Å². The Morgan fingerprint density at radius 1 is 0.854 bits per heavy atom. The molecule has 4 aromatic rings. The Bertz CT molecular complexity index is 1390. The fourth-order valence-electron chi connectivity index (χ4n) is 6.06. The zero-order valence-corrected chi connectivity index (χ0v) is 25.7. The topological polar surface area (TPSA) is 17.8 Å². The molecule has 0 fully saturated rings. The van der Waals surface area contributed by atoms with Crippen LogP contribution < -0.4 is 0 Å². The molecular formula is C39H48N2. The Kier molecular flexibility index (Phi) is 11.4. The van der Waals surface area contributed by atoms with Gasteiger partial charge >= 0.3 is 0 Å². The van der Waals surface area contributed by atoms with Crippen LogP contribution in [0.25, 0.3) is 28.2 Å². The largest absolute Gasteiger partial charge is 0.299 e. The quantitative estimate of drug-likeness (QED) is 0.136. The Hall–Kier alpha value is -3.65. The molecule has 0 bridgehead atoms. The zero-order valence-electron chi connectivity index (χ0n) is 25.7. The lowest BCUT2D eigenvalue weighted by Gasteiger charge is -2.27. The van der Waals surface area contributed by atoms with E-state index in [1.807, 2.05) is 6.20 Å². The highest BCUT2D eigenvalue weighted by atomic mass is 15.1. The number of hydrogen-bond acceptors (Lipinski definition) is 1. The summed E-state index contributed by atoms with van der Waals surface area (Å²) in [5.41, 5.74) is 9.33. The number of nitrogens with zero attached hydrogens (tertiary/aromatic N) is 2. The molecule has 0 saturated carbocycles. The lowest BCUT2D eigenvalue weighted by molar-refractivity contribution is 0.571. The molecule has 0 aliphatic rings. The minimum absolute atomic E-state index is 0.435. The third-order valence-electron chi connectivity index (χ3n) is 8.35. The summed E-state index contributed by atoms with van der Waals surface area (Å²) in [5, 5.41) is 0. The Morgan fingerprint density at radius 3 is 2.17 bits per heavy atom. The molecule has 214 valence electrons. The van der Waals surface area contributed by atoms with E-state index in [2.05, 4.69) is 130 Å². The average Bonchev–Trinajstić information content (AvgIpc) is 3.51. The lowest BCUT2D eigenvalue weighted by atomic mass is 9.82. The van der Waals surface area contributed by atoms with E-state index < -0.39 is 0 Å². The van der Waals surface area contributed by atoms with Crippen molar-refractivity contribution < 1.29 is 0 Å². The van der Waals surface area contributed by atoms with Gasteiger partial charge in [-0.15, -0.1) is 0 Å². The van der Waals surface area contributed by atoms with Gasteiger partial charge in [0.15, 0.2) is 0 Å². The van der Waals surface area contributed by atoms with Crippen LogP contribution in [0.2, 0.25) is 0 Å². The number of rotatable bonds is 15. The van der Waals surface area contributed by atoms with Crippen LogP contribution in [0, 0.1) is 0 Å². The standard InChI is InChI=1S/C39H48N2/c1-6-10-19-31(8-3)20-17-25-32(9-4)37-29-35(33-21-13-11-14-22-33)28-36(30(5)18-7-2)38(37)41-27-26-40-39(41)34-23-15-12-16-24-34/h8,11-16,19,21-24,26-30,32H,3,6-7,9-10,17-18,20,25H2,1-2,4-5H3. The molecule has 0 amide bonds. The molecule has 0 radical (unpaired) electrons. The van der Waals surface area contributed by atoms with Crippen LogP contribution in [0.15, 0.2) is 109 Å². The van der Waals surface area contributed by atoms with Crippen LogP contribution >= 0.6 is 0 Å². The number of benzene rings is 3. The first-order valence-electron chi connectivity index (χ1n) is 15.7. The van der Waals surface area contributed by atoms with Gasteiger partial charge in [0.2, 0.25) is 0 Å². The van der Waals surface area contributed by atoms with E-state index in [0.29, 0.717) is 11.8 Å². The fourth-order valence-corrected chi connectivity index (χ4v) is 6.06. The van der Waals surface area contributed by atoms with Gasteiger partial charge in [-0.2, -0.15) is 0 Å². The zero-order chi connectivity index (χ0) is 29.0. The fraction of sp³-hybridized carbons (Fsp3) is 0.359. The molecule has 0 saturated heterocycles. The van der Waals surface area contributed by atoms with Crippen molar-refractivity contribution in [3.63, 3.8) is 0 Å². The maximum Gasteiger partial charge on any atom is 0.144 e. The van der Waals surface area contributed by atoms with Crippen LogP contribution in [0.4, 0.5) is 0 Å². The predicted molar refractivity (Wildman–Crippen MR) is 178 cm³/mol. The van der Waals surface area contributed by atoms with Crippen LogP contribution in [-0.2, 0) is 0 Å². The molecule has 2 heteroatoms. The Balaban J connectivity index is 1.88. The summed E-state index contributed by atoms with van der Waals surface area (Å²) in [6.45, 7) is 13.4. The maximum atomic E-state index is 4.89. The summed E-state index contributed by atoms with van der Waals surface area (Å²) >= 11 is 0. The molecule has 2 unspecified atom stereocenters. The second-order valence-corrected chi connectivity index (χ2v) is 11.3. The van der Waals surface area contributed by atoms with E-state index in [4.69, 9.17) is 4.98 Å². The van der Waals surface area contributed by atoms with Crippen molar-refractivity contribution in [1.82, 2.24) is 9.55 Å². The van der Waals surface area contributed by atoms with Crippen LogP contribution in [0.5, 0.6) is 0 Å². The van der Waals surface area contributed by atoms with Crippen LogP contribution in [0.1, 0.15) is 102 Å². The molecule has 1 heterocycles. The lowest BCUT2D eigenvalue weighted by Crippen LogP contribution is -2.12. The summed E-state index contributed by atoms with van der Waals surface area (Å²) in [4.78, 5) is 4.89. The van der Waals surface area contributed by atoms with Crippen molar-refractivity contribution in [1.29, 1.82) is 0 Å². The highest BCUT2D eigenvalue weighted by Crippen LogP contribution is 2.41. The van der Waals surface area contributed by atoms with Crippen molar-refractivity contribution >= 4 is 0 Å². The number of unbranched alkanes of at least 4 members (excludes halogenated alkanes) is 1. The van der Waals surface area contributed by atoms with Gasteiger partial charge in [0, 0.05) is 18.0 Å². The molecular weight excluding hydrogens is 496 g/mol. The third-order valence-corrected chi connectivity index (χ3v) is 8.35. The minimum Gasteiger partial charge on any atom is -0.299 e. The summed E-state index contributed by atoms with van der Waals surface area (Å²) in [5.74, 6) is 1.89. The van der Waals surface area contributed by atoms with Crippen LogP contribution in [-0.4, -0.2) is 9.55 Å². The molecule has 0 aliphatic carbocycles. The molecule has 2 nitrogen and oxygen atoms in total. The predicted octanol–water partition coefficient (Wildman–Crippen LogP) is 11.7. The number of hydrogen-bond donors (Lipinski definition) is 0. The average molecular weight is 545 g/mol. The smallest absolute Gasteiger partial charge is 0.144 e. The van der Waals surface area contributed by atoms with Gasteiger partial charge in [-0.05, 0) is 84.7 Å². The summed E-state index contributed by atoms with van der Waals surface area (Å²) in [6, 6.07) is 26.5. The molecule has 0 N–H and O–H groups in total. The Morgan fingerprint density at radius 2 is 1.54 bits per heavy atom. The van der Waals surface area contributed by atoms with E-state index in [1.54, 1.807) is 0 Å². The van der Waals surface area contributed by atoms with Crippen LogP contribution in [0.3, 0.4) is 0 Å². The third kappa shape index (κ3) is 7.55. The number of imidazole rings is 1. The van der Waals surface area contributed by atoms with Gasteiger partial charge in [-0.1, -0.05) is 126 Å². The van der Waals surface area contributed by atoms with Crippen molar-refractivity contribution in [2.45, 2.75) is 90.9 Å². The number of allylic oxidation sites excluding steroid dienone is 3. The second kappa shape index (κ2) is 15.4. The SMILES string of the molecule is C=CC(=CCCC)CCCC(CC)c1cc(-c2ccccc2)cc(C(C)CCC)c1-n1ccnc1-c1ccccc1. The summed E-state index contributed by atoms with van der Waals surface area (Å²) in [7, 11) is 0. The van der Waals surface area contributed by atoms with Crippen molar-refractivity contribution in [3.05, 3.63) is 121 Å². The van der Waals surface area contributed by atoms with Gasteiger partial charge in [-0.3, -0.25) is 4.57 Å². The maximum absolute atomic E-state index is 4.89. The first-order valence-corrected chi connectivity index (χ1v) is 15.7. The van der Waals surface area contributed by atoms with E-state index in [9.17, 15) is 0 Å². The molecule has 0 aliphatic heterocycles. The molecule has 4 rings (SSSR count). The number of aromatic nitrogens is 2.